The molecule has 0 spiro atoms. The van der Waals surface area contributed by atoms with Gasteiger partial charge in [-0.15, -0.1) is 22.7 Å². The van der Waals surface area contributed by atoms with Gasteiger partial charge in [0.15, 0.2) is 0 Å². The van der Waals surface area contributed by atoms with Crippen LogP contribution in [0.4, 0.5) is 5.69 Å². The number of anilines is 1. The number of amides is 1. The lowest BCUT2D eigenvalue weighted by Gasteiger charge is -1.90. The number of hydrogen-bond acceptors (Lipinski definition) is 4. The monoisotopic (exact) mass is 354 g/mol. The number of carbonyl (C=O) groups excluding carboxylic acids is 1. The highest BCUT2D eigenvalue weighted by Gasteiger charge is 2.19. The molecule has 0 aromatic carbocycles. The fourth-order valence-corrected chi connectivity index (χ4v) is 4.78. The molecule has 2 heterocycles. The van der Waals surface area contributed by atoms with Gasteiger partial charge < -0.3 is 11.5 Å². The number of rotatable bonds is 1. The Morgan fingerprint density at radius 1 is 1.21 bits per heavy atom. The highest BCUT2D eigenvalue weighted by molar-refractivity contribution is 9.13. The van der Waals surface area contributed by atoms with Crippen LogP contribution in [-0.4, -0.2) is 5.91 Å². The van der Waals surface area contributed by atoms with Crippen LogP contribution in [0.25, 0.3) is 9.40 Å². The number of carbonyl (C=O) groups is 1. The Kier molecular flexibility index (Phi) is 2.59. The standard InChI is InChI=1S/C7H4Br2N2OS2/c8-1-3-4(14-6(1)9)2(10)5(13-3)7(11)12/h10H2,(H2,11,12). The maximum absolute atomic E-state index is 11.0. The van der Waals surface area contributed by atoms with Gasteiger partial charge in [0.05, 0.1) is 23.3 Å². The van der Waals surface area contributed by atoms with E-state index in [9.17, 15) is 4.79 Å². The first kappa shape index (κ1) is 10.4. The Balaban J connectivity index is 2.83. The van der Waals surface area contributed by atoms with Crippen molar-refractivity contribution in [3.63, 3.8) is 0 Å². The van der Waals surface area contributed by atoms with Crippen LogP contribution in [0, 0.1) is 0 Å². The van der Waals surface area contributed by atoms with Gasteiger partial charge in [0.1, 0.15) is 4.88 Å². The molecular formula is C7H4Br2N2OS2. The van der Waals surface area contributed by atoms with Crippen molar-refractivity contribution < 1.29 is 4.79 Å². The van der Waals surface area contributed by atoms with Gasteiger partial charge in [0, 0.05) is 0 Å². The van der Waals surface area contributed by atoms with E-state index < -0.39 is 5.91 Å². The SMILES string of the molecule is NC(=O)c1sc2c(Br)c(Br)sc2c1N. The normalized spacial score (nSPS) is 11.0. The van der Waals surface area contributed by atoms with Crippen molar-refractivity contribution in [3.05, 3.63) is 13.1 Å². The number of fused-ring (bicyclic) bond motifs is 1. The summed E-state index contributed by atoms with van der Waals surface area (Å²) >= 11 is 9.61. The molecule has 0 bridgehead atoms. The van der Waals surface area contributed by atoms with Crippen molar-refractivity contribution in [2.75, 3.05) is 5.73 Å². The number of primary amides is 1. The lowest BCUT2D eigenvalue weighted by Crippen LogP contribution is -2.10. The minimum Gasteiger partial charge on any atom is -0.396 e. The summed E-state index contributed by atoms with van der Waals surface area (Å²) in [5, 5.41) is 0. The molecule has 2 aromatic heterocycles. The van der Waals surface area contributed by atoms with Gasteiger partial charge in [-0.25, -0.2) is 0 Å². The van der Waals surface area contributed by atoms with Crippen LogP contribution in [0.3, 0.4) is 0 Å². The minimum atomic E-state index is -0.473. The summed E-state index contributed by atoms with van der Waals surface area (Å²) < 4.78 is 3.78. The first-order valence-electron chi connectivity index (χ1n) is 3.48. The van der Waals surface area contributed by atoms with E-state index in [1.807, 2.05) is 0 Å². The molecule has 0 unspecified atom stereocenters. The number of hydrogen-bond donors (Lipinski definition) is 2. The third kappa shape index (κ3) is 1.39. The Hall–Kier alpha value is -0.110. The largest absolute Gasteiger partial charge is 0.396 e. The summed E-state index contributed by atoms with van der Waals surface area (Å²) in [6.45, 7) is 0. The maximum Gasteiger partial charge on any atom is 0.260 e. The molecule has 2 rings (SSSR count). The highest BCUT2D eigenvalue weighted by Crippen LogP contribution is 2.47. The molecule has 0 atom stereocenters. The molecule has 0 fully saturated rings. The molecule has 3 nitrogen and oxygen atoms in total. The average Bonchev–Trinajstić information content (AvgIpc) is 2.56. The van der Waals surface area contributed by atoms with Gasteiger partial charge >= 0.3 is 0 Å². The first-order chi connectivity index (χ1) is 6.52. The molecule has 1 amide bonds. The van der Waals surface area contributed by atoms with Crippen molar-refractivity contribution in [1.82, 2.24) is 0 Å². The van der Waals surface area contributed by atoms with Gasteiger partial charge in [0.2, 0.25) is 0 Å². The molecule has 2 aromatic rings. The molecule has 0 aliphatic rings. The molecule has 0 aliphatic heterocycles. The van der Waals surface area contributed by atoms with Crippen LogP contribution < -0.4 is 11.5 Å². The summed E-state index contributed by atoms with van der Waals surface area (Å²) in [4.78, 5) is 11.4. The number of nitrogen functional groups attached to an aromatic ring is 1. The fourth-order valence-electron chi connectivity index (χ4n) is 1.08. The van der Waals surface area contributed by atoms with Crippen molar-refractivity contribution >= 4 is 75.5 Å². The van der Waals surface area contributed by atoms with E-state index in [2.05, 4.69) is 31.9 Å². The number of nitrogens with two attached hydrogens (primary N) is 2. The van der Waals surface area contributed by atoms with Gasteiger partial charge in [0.25, 0.3) is 5.91 Å². The fraction of sp³-hybridized carbons (Fsp3) is 0. The predicted molar refractivity (Wildman–Crippen MR) is 68.0 cm³/mol. The van der Waals surface area contributed by atoms with Crippen molar-refractivity contribution in [2.45, 2.75) is 0 Å². The third-order valence-electron chi connectivity index (χ3n) is 1.69. The number of thiophene rings is 2. The molecule has 74 valence electrons. The van der Waals surface area contributed by atoms with Crippen LogP contribution in [0.1, 0.15) is 9.67 Å². The second kappa shape index (κ2) is 3.48. The van der Waals surface area contributed by atoms with Crippen molar-refractivity contribution in [3.8, 4) is 0 Å². The smallest absolute Gasteiger partial charge is 0.260 e. The molecular weight excluding hydrogens is 352 g/mol. The topological polar surface area (TPSA) is 69.1 Å². The van der Waals surface area contributed by atoms with Crippen LogP contribution in [-0.2, 0) is 0 Å². The molecule has 0 saturated carbocycles. The van der Waals surface area contributed by atoms with E-state index in [-0.39, 0.29) is 0 Å². The first-order valence-corrected chi connectivity index (χ1v) is 6.69. The van der Waals surface area contributed by atoms with Crippen molar-refractivity contribution in [1.29, 1.82) is 0 Å². The minimum absolute atomic E-state index is 0.430. The van der Waals surface area contributed by atoms with Crippen LogP contribution in [0.5, 0.6) is 0 Å². The summed E-state index contributed by atoms with van der Waals surface area (Å²) in [5.74, 6) is -0.473. The highest BCUT2D eigenvalue weighted by atomic mass is 79.9. The van der Waals surface area contributed by atoms with E-state index in [4.69, 9.17) is 11.5 Å². The summed E-state index contributed by atoms with van der Waals surface area (Å²) in [5.41, 5.74) is 11.5. The molecule has 0 saturated heterocycles. The average molecular weight is 356 g/mol. The van der Waals surface area contributed by atoms with Gasteiger partial charge in [-0.2, -0.15) is 0 Å². The Morgan fingerprint density at radius 2 is 1.86 bits per heavy atom. The molecule has 14 heavy (non-hydrogen) atoms. The molecule has 0 radical (unpaired) electrons. The van der Waals surface area contributed by atoms with Gasteiger partial charge in [-0.05, 0) is 31.9 Å². The van der Waals surface area contributed by atoms with Crippen LogP contribution in [0.2, 0.25) is 0 Å². The maximum atomic E-state index is 11.0. The summed E-state index contributed by atoms with van der Waals surface area (Å²) in [7, 11) is 0. The van der Waals surface area contributed by atoms with E-state index in [0.29, 0.717) is 10.6 Å². The predicted octanol–water partition coefficient (Wildman–Crippen LogP) is 3.17. The Morgan fingerprint density at radius 3 is 2.36 bits per heavy atom. The van der Waals surface area contributed by atoms with E-state index in [0.717, 1.165) is 17.7 Å². The summed E-state index contributed by atoms with van der Waals surface area (Å²) in [6, 6.07) is 0. The van der Waals surface area contributed by atoms with Gasteiger partial charge in [-0.3, -0.25) is 4.79 Å². The lowest BCUT2D eigenvalue weighted by molar-refractivity contribution is 0.100. The quantitative estimate of drug-likeness (QED) is 0.824. The van der Waals surface area contributed by atoms with Crippen LogP contribution >= 0.6 is 54.5 Å². The zero-order valence-electron chi connectivity index (χ0n) is 6.64. The lowest BCUT2D eigenvalue weighted by atomic mass is 10.4. The van der Waals surface area contributed by atoms with E-state index in [1.54, 1.807) is 0 Å². The Bertz CT molecular complexity index is 531. The summed E-state index contributed by atoms with van der Waals surface area (Å²) in [6.07, 6.45) is 0. The second-order valence-electron chi connectivity index (χ2n) is 2.56. The van der Waals surface area contributed by atoms with Gasteiger partial charge in [-0.1, -0.05) is 0 Å². The zero-order valence-corrected chi connectivity index (χ0v) is 11.4. The third-order valence-corrected chi connectivity index (χ3v) is 6.80. The van der Waals surface area contributed by atoms with E-state index in [1.165, 1.54) is 22.7 Å². The van der Waals surface area contributed by atoms with E-state index >= 15 is 0 Å². The molecule has 4 N–H and O–H groups in total. The molecule has 7 heteroatoms. The van der Waals surface area contributed by atoms with Crippen molar-refractivity contribution in [2.24, 2.45) is 5.73 Å². The Labute approximate surface area is 104 Å². The second-order valence-corrected chi connectivity index (χ2v) is 6.71. The zero-order chi connectivity index (χ0) is 10.5. The molecule has 0 aliphatic carbocycles. The van der Waals surface area contributed by atoms with Crippen LogP contribution in [0.15, 0.2) is 8.26 Å². The number of halogens is 2.